The first-order chi connectivity index (χ1) is 23.4. The largest absolute Gasteiger partial charge is 0.346 e. The number of nitrogens with one attached hydrogen (secondary N) is 4. The Balaban J connectivity index is 2.41. The minimum absolute atomic E-state index is 0.0339. The average Bonchev–Trinajstić information content (AvgIpc) is 3.05. The molecule has 2 aliphatic carbocycles. The van der Waals surface area contributed by atoms with Crippen LogP contribution in [-0.4, -0.2) is 90.1 Å². The van der Waals surface area contributed by atoms with Gasteiger partial charge in [-0.1, -0.05) is 58.4 Å². The normalized spacial score (nSPS) is 19.0. The zero-order chi connectivity index (χ0) is 37.8. The van der Waals surface area contributed by atoms with Gasteiger partial charge in [0.15, 0.2) is 9.84 Å². The number of urea groups is 1. The highest BCUT2D eigenvalue weighted by Gasteiger charge is 2.47. The van der Waals surface area contributed by atoms with Crippen molar-refractivity contribution in [3.8, 4) is 12.3 Å². The summed E-state index contributed by atoms with van der Waals surface area (Å²) in [7, 11) is -3.58. The third kappa shape index (κ3) is 11.6. The molecule has 2 fully saturated rings. The van der Waals surface area contributed by atoms with Gasteiger partial charge in [-0.3, -0.25) is 19.2 Å². The predicted molar refractivity (Wildman–Crippen MR) is 196 cm³/mol. The number of nitrogens with zero attached hydrogens (tertiary/aromatic N) is 1. The van der Waals surface area contributed by atoms with E-state index < -0.39 is 73.2 Å². The van der Waals surface area contributed by atoms with E-state index in [2.05, 4.69) is 33.8 Å². The lowest BCUT2D eigenvalue weighted by atomic mass is 9.70. The maximum atomic E-state index is 14.6. The number of carbonyl (C=O) groups excluding carboxylic acids is 5. The maximum absolute atomic E-state index is 14.6. The van der Waals surface area contributed by atoms with Crippen molar-refractivity contribution < 1.29 is 32.4 Å². The van der Waals surface area contributed by atoms with Gasteiger partial charge in [0.05, 0.1) is 22.1 Å². The van der Waals surface area contributed by atoms with E-state index in [1.54, 1.807) is 27.7 Å². The van der Waals surface area contributed by atoms with Crippen LogP contribution in [0.25, 0.3) is 0 Å². The number of hydrogen-bond acceptors (Lipinski definition) is 7. The molecule has 1 unspecified atom stereocenters. The van der Waals surface area contributed by atoms with Gasteiger partial charge in [0.2, 0.25) is 17.6 Å². The summed E-state index contributed by atoms with van der Waals surface area (Å²) in [5.74, 6) is -0.580. The van der Waals surface area contributed by atoms with Gasteiger partial charge in [0, 0.05) is 19.5 Å². The number of amides is 5. The van der Waals surface area contributed by atoms with Crippen LogP contribution in [0.15, 0.2) is 12.7 Å². The van der Waals surface area contributed by atoms with E-state index in [1.165, 1.54) is 11.0 Å². The second-order valence-corrected chi connectivity index (χ2v) is 18.1. The van der Waals surface area contributed by atoms with Gasteiger partial charge < -0.3 is 26.2 Å². The number of rotatable bonds is 17. The molecule has 0 radical (unpaired) electrons. The van der Waals surface area contributed by atoms with Crippen molar-refractivity contribution >= 4 is 39.4 Å². The van der Waals surface area contributed by atoms with Crippen LogP contribution in [0.2, 0.25) is 0 Å². The molecule has 0 bridgehead atoms. The molecule has 0 aromatic carbocycles. The molecule has 2 aliphatic rings. The minimum atomic E-state index is -3.58. The van der Waals surface area contributed by atoms with Crippen LogP contribution in [0.1, 0.15) is 125 Å². The van der Waals surface area contributed by atoms with Gasteiger partial charge in [-0.15, -0.1) is 18.9 Å². The van der Waals surface area contributed by atoms with Gasteiger partial charge in [-0.05, 0) is 71.6 Å². The predicted octanol–water partition coefficient (Wildman–Crippen LogP) is 3.94. The molecule has 5 amide bonds. The molecule has 13 heteroatoms. The first-order valence-electron chi connectivity index (χ1n) is 18.1. The van der Waals surface area contributed by atoms with E-state index in [9.17, 15) is 32.4 Å². The van der Waals surface area contributed by atoms with E-state index in [-0.39, 0.29) is 31.7 Å². The molecule has 4 N–H and O–H groups in total. The van der Waals surface area contributed by atoms with Gasteiger partial charge >= 0.3 is 6.03 Å². The molecule has 0 saturated heterocycles. The highest BCUT2D eigenvalue weighted by molar-refractivity contribution is 7.92. The minimum Gasteiger partial charge on any atom is -0.346 e. The average molecular weight is 720 g/mol. The molecule has 0 aromatic heterocycles. The van der Waals surface area contributed by atoms with Crippen molar-refractivity contribution in [2.75, 3.05) is 18.8 Å². The van der Waals surface area contributed by atoms with Crippen LogP contribution >= 0.6 is 0 Å². The lowest BCUT2D eigenvalue weighted by Crippen LogP contribution is -2.65. The van der Waals surface area contributed by atoms with Crippen LogP contribution < -0.4 is 21.3 Å². The maximum Gasteiger partial charge on any atom is 0.315 e. The molecule has 2 saturated carbocycles. The van der Waals surface area contributed by atoms with Gasteiger partial charge in [0.25, 0.3) is 5.91 Å². The highest BCUT2D eigenvalue weighted by atomic mass is 32.2. The van der Waals surface area contributed by atoms with E-state index in [0.29, 0.717) is 32.1 Å². The van der Waals surface area contributed by atoms with Crippen molar-refractivity contribution in [1.29, 1.82) is 0 Å². The summed E-state index contributed by atoms with van der Waals surface area (Å²) in [6.45, 7) is 14.2. The van der Waals surface area contributed by atoms with E-state index >= 15 is 0 Å². The Morgan fingerprint density at radius 2 is 1.56 bits per heavy atom. The van der Waals surface area contributed by atoms with Crippen LogP contribution in [0, 0.1) is 17.8 Å². The summed E-state index contributed by atoms with van der Waals surface area (Å²) in [5, 5.41) is 11.1. The van der Waals surface area contributed by atoms with Crippen LogP contribution in [0.4, 0.5) is 4.79 Å². The second-order valence-electron chi connectivity index (χ2n) is 15.3. The lowest BCUT2D eigenvalue weighted by Gasteiger charge is -2.44. The fraction of sp³-hybridized carbons (Fsp3) is 0.757. The quantitative estimate of drug-likeness (QED) is 0.100. The number of hydrogen-bond donors (Lipinski definition) is 4. The Bertz CT molecular complexity index is 1370. The zero-order valence-electron chi connectivity index (χ0n) is 31.1. The molecule has 0 aliphatic heterocycles. The van der Waals surface area contributed by atoms with Crippen molar-refractivity contribution in [3.05, 3.63) is 12.7 Å². The standard InChI is InChI=1S/C37H61N5O7S/c1-9-12-19-28(29(43)32(45)38-24-10-2)39-31(44)27(4)42(25-11-3)33(46)30(36(8)20-15-13-16-21-36)40-34(47)41-37(22-17-14-18-23-37)26-50(48,49)35(5,6)7/h1,10,27-28,30H,2,11-26H2,3-8H3,(H,38,45)(H,39,44)(H2,40,41,47)/t27-,28?,30+/m0/s1. The lowest BCUT2D eigenvalue weighted by molar-refractivity contribution is -0.145. The number of terminal acetylenes is 1. The summed E-state index contributed by atoms with van der Waals surface area (Å²) in [6.07, 6.45) is 15.1. The molecule has 0 heterocycles. The van der Waals surface area contributed by atoms with Crippen LogP contribution in [0.5, 0.6) is 0 Å². The SMILES string of the molecule is C#CCCC(NC(=O)[C@H](C)N(CCC)C(=O)[C@@H](NC(=O)NC1(CS(=O)(=O)C(C)(C)C)CCCCC1)C1(C)CCCCC1)C(=O)C(=O)NCC=C. The first kappa shape index (κ1) is 42.8. The number of sulfone groups is 1. The van der Waals surface area contributed by atoms with Gasteiger partial charge in [0.1, 0.15) is 12.1 Å². The molecule has 50 heavy (non-hydrogen) atoms. The van der Waals surface area contributed by atoms with E-state index in [1.807, 2.05) is 13.8 Å². The third-order valence-electron chi connectivity index (χ3n) is 10.2. The molecular weight excluding hydrogens is 659 g/mol. The Morgan fingerprint density at radius 3 is 2.08 bits per heavy atom. The molecular formula is C37H61N5O7S. The zero-order valence-corrected chi connectivity index (χ0v) is 31.9. The van der Waals surface area contributed by atoms with Gasteiger partial charge in [-0.2, -0.15) is 0 Å². The number of ketones is 1. The van der Waals surface area contributed by atoms with Crippen LogP contribution in [0.3, 0.4) is 0 Å². The van der Waals surface area contributed by atoms with Gasteiger partial charge in [-0.25, -0.2) is 13.2 Å². The summed E-state index contributed by atoms with van der Waals surface area (Å²) in [6, 6.07) is -3.87. The summed E-state index contributed by atoms with van der Waals surface area (Å²) in [4.78, 5) is 69.0. The monoisotopic (exact) mass is 719 g/mol. The second kappa shape index (κ2) is 18.7. The van der Waals surface area contributed by atoms with E-state index in [4.69, 9.17) is 6.42 Å². The number of carbonyl (C=O) groups is 5. The Morgan fingerprint density at radius 1 is 0.980 bits per heavy atom. The fourth-order valence-electron chi connectivity index (χ4n) is 6.95. The Labute approximate surface area is 300 Å². The summed E-state index contributed by atoms with van der Waals surface area (Å²) >= 11 is 0. The van der Waals surface area contributed by atoms with Crippen LogP contribution in [-0.2, 0) is 29.0 Å². The Kier molecular flexibility index (Phi) is 16.0. The van der Waals surface area contributed by atoms with Crippen molar-refractivity contribution in [3.63, 3.8) is 0 Å². The molecule has 0 spiro atoms. The molecule has 2 rings (SSSR count). The number of Topliss-reactive ketones (excluding diaryl/α,β-unsaturated/α-hetero) is 1. The summed E-state index contributed by atoms with van der Waals surface area (Å²) < 4.78 is 25.7. The molecule has 0 aromatic rings. The smallest absolute Gasteiger partial charge is 0.315 e. The molecule has 12 nitrogen and oxygen atoms in total. The van der Waals surface area contributed by atoms with Crippen molar-refractivity contribution in [1.82, 2.24) is 26.2 Å². The topological polar surface area (TPSA) is 171 Å². The molecule has 3 atom stereocenters. The van der Waals surface area contributed by atoms with Crippen molar-refractivity contribution in [2.24, 2.45) is 5.41 Å². The summed E-state index contributed by atoms with van der Waals surface area (Å²) in [5.41, 5.74) is -1.59. The third-order valence-corrected chi connectivity index (χ3v) is 13.0. The fourth-order valence-corrected chi connectivity index (χ4v) is 8.47. The molecule has 282 valence electrons. The van der Waals surface area contributed by atoms with E-state index in [0.717, 1.165) is 38.5 Å². The Hall–Kier alpha value is -3.40. The first-order valence-corrected chi connectivity index (χ1v) is 19.8. The highest BCUT2D eigenvalue weighted by Crippen LogP contribution is 2.40. The van der Waals surface area contributed by atoms with Crippen molar-refractivity contribution in [2.45, 2.75) is 153 Å².